The monoisotopic (exact) mass is 146 g/mol. The molecule has 9 heavy (non-hydrogen) atoms. The summed E-state index contributed by atoms with van der Waals surface area (Å²) in [5, 5.41) is 6.12. The Balaban J connectivity index is 3.97. The van der Waals surface area contributed by atoms with Crippen LogP contribution in [0.4, 0.5) is 0 Å². The molecule has 0 N–H and O–H groups in total. The zero-order valence-electron chi connectivity index (χ0n) is 4.35. The van der Waals surface area contributed by atoms with Crippen molar-refractivity contribution in [3.8, 4) is 0 Å². The van der Waals surface area contributed by atoms with Crippen LogP contribution in [-0.4, -0.2) is 12.0 Å². The van der Waals surface area contributed by atoms with Gasteiger partial charge in [-0.15, -0.1) is 11.6 Å². The molecule has 0 unspecified atom stereocenters. The van der Waals surface area contributed by atoms with Gasteiger partial charge in [0.1, 0.15) is 6.17 Å². The van der Waals surface area contributed by atoms with E-state index < -0.39 is 6.17 Å². The van der Waals surface area contributed by atoms with Gasteiger partial charge in [0.15, 0.2) is 0 Å². The van der Waals surface area contributed by atoms with E-state index in [0.717, 1.165) is 0 Å². The summed E-state index contributed by atoms with van der Waals surface area (Å²) in [5.41, 5.74) is 15.6. The molecule has 0 aliphatic carbocycles. The standard InChI is InChI=1S/C2H3ClN6/c3-1-2(6-8-4)7-9-5/h2H,1H2. The normalized spacial score (nSPS) is 10.8. The molecule has 6 nitrogen and oxygen atoms in total. The first-order valence-electron chi connectivity index (χ1n) is 1.99. The molecule has 0 aromatic heterocycles. The van der Waals surface area contributed by atoms with Crippen LogP contribution in [-0.2, 0) is 0 Å². The van der Waals surface area contributed by atoms with Crippen molar-refractivity contribution < 1.29 is 0 Å². The maximum absolute atomic E-state index is 7.81. The molecular weight excluding hydrogens is 144 g/mol. The first-order valence-corrected chi connectivity index (χ1v) is 2.53. The third-order valence-corrected chi connectivity index (χ3v) is 0.784. The average molecular weight is 147 g/mol. The summed E-state index contributed by atoms with van der Waals surface area (Å²) in [6.45, 7) is 0. The van der Waals surface area contributed by atoms with Crippen LogP contribution in [0.1, 0.15) is 0 Å². The van der Waals surface area contributed by atoms with Gasteiger partial charge in [-0.05, 0) is 11.1 Å². The van der Waals surface area contributed by atoms with Gasteiger partial charge in [-0.2, -0.15) is 0 Å². The first kappa shape index (κ1) is 7.91. The van der Waals surface area contributed by atoms with Crippen molar-refractivity contribution in [3.63, 3.8) is 0 Å². The lowest BCUT2D eigenvalue weighted by atomic mass is 10.6. The van der Waals surface area contributed by atoms with E-state index in [2.05, 4.69) is 20.1 Å². The molecule has 0 radical (unpaired) electrons. The molecule has 0 fully saturated rings. The van der Waals surface area contributed by atoms with E-state index in [1.54, 1.807) is 0 Å². The largest absolute Gasteiger partial charge is 0.129 e. The second-order valence-electron chi connectivity index (χ2n) is 1.04. The molecule has 7 heteroatoms. The van der Waals surface area contributed by atoms with Crippen LogP contribution >= 0.6 is 11.6 Å². The SMILES string of the molecule is [N-]=[N+]=NC(CCl)N=[N+]=[N-]. The van der Waals surface area contributed by atoms with Gasteiger partial charge in [0, 0.05) is 15.7 Å². The summed E-state index contributed by atoms with van der Waals surface area (Å²) in [6.07, 6.45) is -0.804. The van der Waals surface area contributed by atoms with Gasteiger partial charge in [-0.3, -0.25) is 0 Å². The van der Waals surface area contributed by atoms with Crippen molar-refractivity contribution in [2.75, 3.05) is 5.88 Å². The summed E-state index contributed by atoms with van der Waals surface area (Å²) in [7, 11) is 0. The Morgan fingerprint density at radius 2 is 1.78 bits per heavy atom. The number of hydrogen-bond donors (Lipinski definition) is 0. The molecule has 0 spiro atoms. The minimum absolute atomic E-state index is 0.00806. The smallest absolute Gasteiger partial charge is 0.126 e. The van der Waals surface area contributed by atoms with E-state index in [4.69, 9.17) is 22.7 Å². The van der Waals surface area contributed by atoms with Gasteiger partial charge in [-0.1, -0.05) is 10.2 Å². The number of halogens is 1. The summed E-state index contributed by atoms with van der Waals surface area (Å²) in [5.74, 6) is 0.00806. The fourth-order valence-electron chi connectivity index (χ4n) is 0.204. The van der Waals surface area contributed by atoms with Crippen LogP contribution in [0.25, 0.3) is 20.9 Å². The molecule has 0 heterocycles. The van der Waals surface area contributed by atoms with Crippen molar-refractivity contribution in [1.82, 2.24) is 0 Å². The topological polar surface area (TPSA) is 97.5 Å². The van der Waals surface area contributed by atoms with Crippen LogP contribution in [0.15, 0.2) is 10.2 Å². The number of azide groups is 1. The van der Waals surface area contributed by atoms with Crippen LogP contribution < -0.4 is 0 Å². The van der Waals surface area contributed by atoms with Crippen LogP contribution in [0.2, 0.25) is 0 Å². The lowest BCUT2D eigenvalue weighted by molar-refractivity contribution is 0.780. The maximum atomic E-state index is 7.81. The molecule has 0 bridgehead atoms. The van der Waals surface area contributed by atoms with Gasteiger partial charge in [0.25, 0.3) is 0 Å². The molecular formula is C2H3ClN6. The fraction of sp³-hybridized carbons (Fsp3) is 1.00. The Bertz CT molecular complexity index is 146. The van der Waals surface area contributed by atoms with E-state index in [1.165, 1.54) is 0 Å². The molecule has 0 aromatic carbocycles. The third kappa shape index (κ3) is 3.49. The molecule has 0 saturated carbocycles. The molecule has 0 aliphatic heterocycles. The highest BCUT2D eigenvalue weighted by molar-refractivity contribution is 6.18. The lowest BCUT2D eigenvalue weighted by Gasteiger charge is -1.91. The highest BCUT2D eigenvalue weighted by atomic mass is 35.5. The zero-order chi connectivity index (χ0) is 7.11. The third-order valence-electron chi connectivity index (χ3n) is 0.508. The quantitative estimate of drug-likeness (QED) is 0.252. The van der Waals surface area contributed by atoms with Crippen molar-refractivity contribution in [2.45, 2.75) is 6.17 Å². The number of hydrogen-bond acceptors (Lipinski definition) is 2. The van der Waals surface area contributed by atoms with E-state index >= 15 is 0 Å². The minimum Gasteiger partial charge on any atom is -0.126 e. The van der Waals surface area contributed by atoms with E-state index in [-0.39, 0.29) is 5.88 Å². The average Bonchev–Trinajstić information content (AvgIpc) is 1.88. The van der Waals surface area contributed by atoms with Crippen LogP contribution in [0, 0.1) is 0 Å². The van der Waals surface area contributed by atoms with Gasteiger partial charge >= 0.3 is 0 Å². The van der Waals surface area contributed by atoms with Crippen molar-refractivity contribution in [2.24, 2.45) is 10.2 Å². The second kappa shape index (κ2) is 5.05. The molecule has 0 aliphatic rings. The highest BCUT2D eigenvalue weighted by Gasteiger charge is 1.96. The summed E-state index contributed by atoms with van der Waals surface area (Å²) in [4.78, 5) is 4.80. The van der Waals surface area contributed by atoms with Gasteiger partial charge < -0.3 is 0 Å². The van der Waals surface area contributed by atoms with Crippen LogP contribution in [0.3, 0.4) is 0 Å². The van der Waals surface area contributed by atoms with E-state index in [1.807, 2.05) is 0 Å². The lowest BCUT2D eigenvalue weighted by Crippen LogP contribution is -1.97. The Hall–Kier alpha value is -1.09. The molecule has 0 atom stereocenters. The molecule has 0 saturated heterocycles. The predicted molar refractivity (Wildman–Crippen MR) is 32.8 cm³/mol. The fourth-order valence-corrected chi connectivity index (χ4v) is 0.327. The van der Waals surface area contributed by atoms with Gasteiger partial charge in [0.2, 0.25) is 0 Å². The summed E-state index contributed by atoms with van der Waals surface area (Å²) < 4.78 is 0. The maximum Gasteiger partial charge on any atom is 0.129 e. The van der Waals surface area contributed by atoms with Crippen molar-refractivity contribution >= 4 is 11.6 Å². The Morgan fingerprint density at radius 1 is 1.33 bits per heavy atom. The highest BCUT2D eigenvalue weighted by Crippen LogP contribution is 1.96. The Morgan fingerprint density at radius 3 is 2.00 bits per heavy atom. The number of alkyl halides is 1. The zero-order valence-corrected chi connectivity index (χ0v) is 5.10. The first-order chi connectivity index (χ1) is 4.35. The Labute approximate surface area is 55.7 Å². The molecule has 48 valence electrons. The molecule has 0 aromatic rings. The second-order valence-corrected chi connectivity index (χ2v) is 1.35. The van der Waals surface area contributed by atoms with Crippen LogP contribution in [0.5, 0.6) is 0 Å². The minimum atomic E-state index is -0.804. The van der Waals surface area contributed by atoms with E-state index in [9.17, 15) is 0 Å². The van der Waals surface area contributed by atoms with Gasteiger partial charge in [-0.25, -0.2) is 0 Å². The predicted octanol–water partition coefficient (Wildman–Crippen LogP) is 2.17. The molecule has 0 amide bonds. The van der Waals surface area contributed by atoms with E-state index in [0.29, 0.717) is 0 Å². The van der Waals surface area contributed by atoms with Crippen molar-refractivity contribution in [3.05, 3.63) is 20.9 Å². The van der Waals surface area contributed by atoms with Crippen molar-refractivity contribution in [1.29, 1.82) is 0 Å². The summed E-state index contributed by atoms with van der Waals surface area (Å²) >= 11 is 5.20. The number of nitrogens with zero attached hydrogens (tertiary/aromatic N) is 6. The number of rotatable bonds is 3. The Kier molecular flexibility index (Phi) is 4.44. The van der Waals surface area contributed by atoms with Gasteiger partial charge in [0.05, 0.1) is 0 Å². The molecule has 0 rings (SSSR count). The summed E-state index contributed by atoms with van der Waals surface area (Å²) in [6, 6.07) is 0.